The summed E-state index contributed by atoms with van der Waals surface area (Å²) >= 11 is 12.4. The number of nitrogens with zero attached hydrogens (tertiary/aromatic N) is 1. The van der Waals surface area contributed by atoms with Gasteiger partial charge in [-0.25, -0.2) is 17.2 Å². The minimum absolute atomic E-state index is 0.0932. The molecule has 0 aliphatic carbocycles. The molecule has 2 N–H and O–H groups in total. The maximum absolute atomic E-state index is 13.7. The van der Waals surface area contributed by atoms with E-state index in [1.165, 1.54) is 43.3 Å². The van der Waals surface area contributed by atoms with Gasteiger partial charge in [0, 0.05) is 16.0 Å². The third kappa shape index (κ3) is 4.34. The van der Waals surface area contributed by atoms with Crippen molar-refractivity contribution in [1.82, 2.24) is 3.97 Å². The second-order valence-electron chi connectivity index (χ2n) is 7.91. The first-order valence-electron chi connectivity index (χ1n) is 10.2. The number of hydrogen-bond donors (Lipinski definition) is 2. The molecule has 0 amide bonds. The van der Waals surface area contributed by atoms with Crippen LogP contribution < -0.4 is 0 Å². The Morgan fingerprint density at radius 2 is 1.67 bits per heavy atom. The molecule has 3 aromatic carbocycles. The molecule has 188 valence electrons. The Labute approximate surface area is 213 Å². The molecule has 1 heterocycles. The van der Waals surface area contributed by atoms with Crippen LogP contribution >= 0.6 is 23.2 Å². The number of fused-ring (bicyclic) bond motifs is 1. The Hall–Kier alpha value is -3.05. The van der Waals surface area contributed by atoms with E-state index in [0.717, 1.165) is 12.1 Å². The van der Waals surface area contributed by atoms with Crippen LogP contribution in [0.25, 0.3) is 10.9 Å². The Morgan fingerprint density at radius 1 is 1.03 bits per heavy atom. The number of aryl methyl sites for hydroxylation is 1. The lowest BCUT2D eigenvalue weighted by Gasteiger charge is -2.19. The van der Waals surface area contributed by atoms with Gasteiger partial charge in [-0.3, -0.25) is 0 Å². The number of carboxylic acid groups (broad SMARTS) is 1. The number of halogens is 5. The molecule has 0 aliphatic heterocycles. The number of carbonyl (C=O) groups is 1. The first-order chi connectivity index (χ1) is 16.7. The molecule has 0 aliphatic rings. The van der Waals surface area contributed by atoms with Crippen molar-refractivity contribution in [3.8, 4) is 0 Å². The van der Waals surface area contributed by atoms with Gasteiger partial charge in [0.2, 0.25) is 0 Å². The summed E-state index contributed by atoms with van der Waals surface area (Å²) in [5.41, 5.74) is -2.64. The third-order valence-corrected chi connectivity index (χ3v) is 8.12. The molecular weight excluding hydrogens is 542 g/mol. The van der Waals surface area contributed by atoms with Crippen molar-refractivity contribution in [3.05, 3.63) is 98.7 Å². The monoisotopic (exact) mass is 557 g/mol. The summed E-state index contributed by atoms with van der Waals surface area (Å²) in [6.45, 7) is 1.23. The summed E-state index contributed by atoms with van der Waals surface area (Å²) in [7, 11) is -4.55. The van der Waals surface area contributed by atoms with Crippen molar-refractivity contribution < 1.29 is 36.6 Å². The number of aromatic carboxylic acids is 1. The number of aliphatic hydroxyl groups excluding tert-OH is 1. The van der Waals surface area contributed by atoms with Gasteiger partial charge in [-0.2, -0.15) is 13.2 Å². The molecule has 4 rings (SSSR count). The number of carboxylic acids is 1. The van der Waals surface area contributed by atoms with Crippen molar-refractivity contribution in [2.24, 2.45) is 0 Å². The predicted molar refractivity (Wildman–Crippen MR) is 128 cm³/mol. The Balaban J connectivity index is 2.10. The van der Waals surface area contributed by atoms with E-state index in [4.69, 9.17) is 23.2 Å². The smallest absolute Gasteiger partial charge is 0.416 e. The second kappa shape index (κ2) is 9.11. The van der Waals surface area contributed by atoms with E-state index in [0.29, 0.717) is 10.0 Å². The van der Waals surface area contributed by atoms with Crippen molar-refractivity contribution >= 4 is 50.1 Å². The van der Waals surface area contributed by atoms with E-state index in [9.17, 15) is 36.6 Å². The second-order valence-corrected chi connectivity index (χ2v) is 10.5. The minimum atomic E-state index is -4.77. The molecule has 0 radical (unpaired) electrons. The van der Waals surface area contributed by atoms with Crippen LogP contribution in [-0.4, -0.2) is 28.6 Å². The zero-order chi connectivity index (χ0) is 26.6. The zero-order valence-corrected chi connectivity index (χ0v) is 20.5. The van der Waals surface area contributed by atoms with Crippen molar-refractivity contribution in [2.75, 3.05) is 0 Å². The Bertz CT molecular complexity index is 1620. The summed E-state index contributed by atoms with van der Waals surface area (Å²) in [4.78, 5) is 11.3. The number of aliphatic hydroxyl groups is 1. The van der Waals surface area contributed by atoms with Gasteiger partial charge in [0.25, 0.3) is 10.0 Å². The first-order valence-corrected chi connectivity index (χ1v) is 12.4. The highest BCUT2D eigenvalue weighted by Crippen LogP contribution is 2.41. The van der Waals surface area contributed by atoms with Gasteiger partial charge < -0.3 is 10.2 Å². The maximum atomic E-state index is 13.7. The average Bonchev–Trinajstić information content (AvgIpc) is 3.17. The van der Waals surface area contributed by atoms with E-state index < -0.39 is 44.4 Å². The molecule has 36 heavy (non-hydrogen) atoms. The molecule has 1 aromatic heterocycles. The van der Waals surface area contributed by atoms with Gasteiger partial charge in [0.1, 0.15) is 6.10 Å². The van der Waals surface area contributed by atoms with Crippen LogP contribution in [0.3, 0.4) is 0 Å². The van der Waals surface area contributed by atoms with Crippen LogP contribution in [0.4, 0.5) is 13.2 Å². The zero-order valence-electron chi connectivity index (χ0n) is 18.2. The van der Waals surface area contributed by atoms with Gasteiger partial charge in [-0.15, -0.1) is 0 Å². The fourth-order valence-corrected chi connectivity index (χ4v) is 6.18. The molecule has 1 atom stereocenters. The standard InChI is InChI=1S/C24H16Cl2F3NO5S/c1-12-9-13-10-19(22(31)20-17(25)8-7-15(21(20)26)23(32)33)30(18(13)11-16(12)24(27,28)29)36(34,35)14-5-3-2-4-6-14/h2-11,22,31H,1H3,(H,32,33). The molecule has 0 bridgehead atoms. The predicted octanol–water partition coefficient (Wildman–Crippen LogP) is 6.29. The van der Waals surface area contributed by atoms with E-state index in [-0.39, 0.29) is 37.6 Å². The van der Waals surface area contributed by atoms with Crippen molar-refractivity contribution in [3.63, 3.8) is 0 Å². The van der Waals surface area contributed by atoms with Gasteiger partial charge in [0.15, 0.2) is 0 Å². The van der Waals surface area contributed by atoms with E-state index in [1.807, 2.05) is 0 Å². The Kier molecular flexibility index (Phi) is 6.59. The quantitative estimate of drug-likeness (QED) is 0.300. The highest BCUT2D eigenvalue weighted by atomic mass is 35.5. The van der Waals surface area contributed by atoms with E-state index >= 15 is 0 Å². The number of aromatic nitrogens is 1. The number of rotatable bonds is 5. The van der Waals surface area contributed by atoms with Gasteiger partial charge in [0.05, 0.1) is 32.3 Å². The fourth-order valence-electron chi connectivity index (χ4n) is 3.96. The lowest BCUT2D eigenvalue weighted by atomic mass is 10.0. The lowest BCUT2D eigenvalue weighted by molar-refractivity contribution is -0.137. The highest BCUT2D eigenvalue weighted by molar-refractivity contribution is 7.90. The normalized spacial score (nSPS) is 13.2. The largest absolute Gasteiger partial charge is 0.478 e. The van der Waals surface area contributed by atoms with Crippen molar-refractivity contribution in [1.29, 1.82) is 0 Å². The molecule has 0 spiro atoms. The molecule has 12 heteroatoms. The van der Waals surface area contributed by atoms with Crippen LogP contribution in [0, 0.1) is 6.92 Å². The summed E-state index contributed by atoms with van der Waals surface area (Å²) in [6.07, 6.45) is -6.68. The topological polar surface area (TPSA) is 96.6 Å². The van der Waals surface area contributed by atoms with Crippen LogP contribution in [0.1, 0.15) is 38.8 Å². The summed E-state index contributed by atoms with van der Waals surface area (Å²) in [5.74, 6) is -1.42. The van der Waals surface area contributed by atoms with Crippen LogP contribution in [-0.2, 0) is 16.2 Å². The number of benzene rings is 3. The molecule has 0 saturated heterocycles. The van der Waals surface area contributed by atoms with Crippen LogP contribution in [0.15, 0.2) is 65.6 Å². The minimum Gasteiger partial charge on any atom is -0.478 e. The third-order valence-electron chi connectivity index (χ3n) is 5.63. The fraction of sp³-hybridized carbons (Fsp3) is 0.125. The van der Waals surface area contributed by atoms with E-state index in [2.05, 4.69) is 0 Å². The SMILES string of the molecule is Cc1cc2cc(C(O)c3c(Cl)ccc(C(=O)O)c3Cl)n(S(=O)(=O)c3ccccc3)c2cc1C(F)(F)F. The van der Waals surface area contributed by atoms with Crippen LogP contribution in [0.2, 0.25) is 10.0 Å². The molecular formula is C24H16Cl2F3NO5S. The van der Waals surface area contributed by atoms with Gasteiger partial charge in [-0.05, 0) is 55.0 Å². The summed E-state index contributed by atoms with van der Waals surface area (Å²) in [5, 5.41) is 20.2. The number of hydrogen-bond acceptors (Lipinski definition) is 4. The average molecular weight is 558 g/mol. The van der Waals surface area contributed by atoms with Gasteiger partial charge in [-0.1, -0.05) is 41.4 Å². The van der Waals surface area contributed by atoms with E-state index in [1.54, 1.807) is 6.07 Å². The molecule has 0 saturated carbocycles. The maximum Gasteiger partial charge on any atom is 0.416 e. The Morgan fingerprint density at radius 3 is 2.25 bits per heavy atom. The summed E-state index contributed by atoms with van der Waals surface area (Å²) in [6, 6.07) is 12.3. The number of alkyl halides is 3. The summed E-state index contributed by atoms with van der Waals surface area (Å²) < 4.78 is 69.0. The molecule has 6 nitrogen and oxygen atoms in total. The molecule has 1 unspecified atom stereocenters. The molecule has 4 aromatic rings. The van der Waals surface area contributed by atoms with Crippen molar-refractivity contribution in [2.45, 2.75) is 24.1 Å². The first kappa shape index (κ1) is 26.0. The highest BCUT2D eigenvalue weighted by Gasteiger charge is 2.35. The molecule has 0 fully saturated rings. The van der Waals surface area contributed by atoms with Gasteiger partial charge >= 0.3 is 12.1 Å². The lowest BCUT2D eigenvalue weighted by Crippen LogP contribution is -2.19. The van der Waals surface area contributed by atoms with Crippen LogP contribution in [0.5, 0.6) is 0 Å².